The summed E-state index contributed by atoms with van der Waals surface area (Å²) in [7, 11) is 4.06. The molecule has 3 heteroatoms. The summed E-state index contributed by atoms with van der Waals surface area (Å²) in [4.78, 5) is 2.10. The molecule has 0 aromatic heterocycles. The molecule has 0 spiro atoms. The van der Waals surface area contributed by atoms with Crippen molar-refractivity contribution in [3.63, 3.8) is 0 Å². The van der Waals surface area contributed by atoms with Crippen molar-refractivity contribution in [2.75, 3.05) is 27.2 Å². The lowest BCUT2D eigenvalue weighted by molar-refractivity contribution is 0.359. The summed E-state index contributed by atoms with van der Waals surface area (Å²) in [5, 5.41) is 0. The molecule has 0 heterocycles. The first-order chi connectivity index (χ1) is 4.77. The minimum atomic E-state index is 0.589. The van der Waals surface area contributed by atoms with Gasteiger partial charge in [-0.25, -0.2) is 0 Å². The predicted molar refractivity (Wildman–Crippen MR) is 44.1 cm³/mol. The zero-order valence-corrected chi connectivity index (χ0v) is 7.27. The average molecular weight is 164 g/mol. The van der Waals surface area contributed by atoms with Gasteiger partial charge in [-0.3, -0.25) is 4.29 Å². The van der Waals surface area contributed by atoms with Crippen LogP contribution in [0.5, 0.6) is 0 Å². The van der Waals surface area contributed by atoms with Gasteiger partial charge in [0, 0.05) is 6.54 Å². The lowest BCUT2D eigenvalue weighted by Gasteiger charge is -2.02. The zero-order chi connectivity index (χ0) is 7.82. The summed E-state index contributed by atoms with van der Waals surface area (Å²) >= 11 is 5.00. The van der Waals surface area contributed by atoms with Crippen LogP contribution in [0.1, 0.15) is 6.42 Å². The number of halogens is 1. The number of hydrogen-bond acceptors (Lipinski definition) is 2. The largest absolute Gasteiger partial charge is 0.306 e. The third-order valence-electron chi connectivity index (χ3n) is 0.999. The Morgan fingerprint density at radius 1 is 1.40 bits per heavy atom. The van der Waals surface area contributed by atoms with E-state index in [0.29, 0.717) is 6.61 Å². The average Bonchev–Trinajstić information content (AvgIpc) is 1.87. The SMILES string of the molecule is CN(C)C/C=C/CCOCl. The summed E-state index contributed by atoms with van der Waals surface area (Å²) in [5.74, 6) is 0. The Labute approximate surface area is 67.6 Å². The van der Waals surface area contributed by atoms with Crippen LogP contribution >= 0.6 is 11.9 Å². The van der Waals surface area contributed by atoms with E-state index in [1.54, 1.807) is 0 Å². The summed E-state index contributed by atoms with van der Waals surface area (Å²) in [5.41, 5.74) is 0. The van der Waals surface area contributed by atoms with Crippen LogP contribution in [-0.2, 0) is 4.29 Å². The van der Waals surface area contributed by atoms with E-state index in [2.05, 4.69) is 21.3 Å². The van der Waals surface area contributed by atoms with Gasteiger partial charge in [0.1, 0.15) is 0 Å². The molecule has 0 amide bonds. The molecule has 0 fully saturated rings. The molecule has 10 heavy (non-hydrogen) atoms. The zero-order valence-electron chi connectivity index (χ0n) is 6.51. The van der Waals surface area contributed by atoms with E-state index in [0.717, 1.165) is 13.0 Å². The normalized spacial score (nSPS) is 11.6. The van der Waals surface area contributed by atoms with E-state index in [-0.39, 0.29) is 0 Å². The van der Waals surface area contributed by atoms with Crippen LogP contribution in [0.4, 0.5) is 0 Å². The number of hydrogen-bond donors (Lipinski definition) is 0. The fraction of sp³-hybridized carbons (Fsp3) is 0.714. The Hall–Kier alpha value is -0.0500. The Morgan fingerprint density at radius 3 is 2.60 bits per heavy atom. The number of rotatable bonds is 5. The molecule has 0 aliphatic heterocycles. The summed E-state index contributed by atoms with van der Waals surface area (Å²) < 4.78 is 4.36. The smallest absolute Gasteiger partial charge is 0.0717 e. The molecule has 0 atom stereocenters. The maximum absolute atomic E-state index is 5.00. The number of nitrogens with zero attached hydrogens (tertiary/aromatic N) is 1. The molecular formula is C7H14ClNO. The van der Waals surface area contributed by atoms with Crippen molar-refractivity contribution < 1.29 is 4.29 Å². The van der Waals surface area contributed by atoms with Crippen molar-refractivity contribution in [1.29, 1.82) is 0 Å². The molecule has 0 rings (SSSR count). The van der Waals surface area contributed by atoms with Crippen LogP contribution in [-0.4, -0.2) is 32.1 Å². The Kier molecular flexibility index (Phi) is 7.03. The van der Waals surface area contributed by atoms with Crippen molar-refractivity contribution in [2.45, 2.75) is 6.42 Å². The van der Waals surface area contributed by atoms with Crippen molar-refractivity contribution in [3.05, 3.63) is 12.2 Å². The summed E-state index contributed by atoms with van der Waals surface area (Å²) in [6.07, 6.45) is 5.04. The molecule has 0 aromatic carbocycles. The van der Waals surface area contributed by atoms with E-state index in [9.17, 15) is 0 Å². The first-order valence-electron chi connectivity index (χ1n) is 3.30. The van der Waals surface area contributed by atoms with Gasteiger partial charge < -0.3 is 4.90 Å². The highest BCUT2D eigenvalue weighted by atomic mass is 35.5. The van der Waals surface area contributed by atoms with Gasteiger partial charge in [0.2, 0.25) is 0 Å². The maximum atomic E-state index is 5.00. The fourth-order valence-electron chi connectivity index (χ4n) is 0.516. The first kappa shape index (κ1) is 9.95. The summed E-state index contributed by atoms with van der Waals surface area (Å²) in [6, 6.07) is 0. The second-order valence-corrected chi connectivity index (χ2v) is 2.55. The molecule has 0 aromatic rings. The molecule has 0 aliphatic rings. The molecule has 0 saturated carbocycles. The molecule has 0 unspecified atom stereocenters. The van der Waals surface area contributed by atoms with E-state index >= 15 is 0 Å². The monoisotopic (exact) mass is 163 g/mol. The standard InChI is InChI=1S/C7H14ClNO/c1-9(2)6-4-3-5-7-10-8/h3-4H,5-7H2,1-2H3/b4-3+. The van der Waals surface area contributed by atoms with Gasteiger partial charge in [-0.05, 0) is 20.5 Å². The molecule has 0 N–H and O–H groups in total. The number of likely N-dealkylation sites (N-methyl/N-ethyl adjacent to an activating group) is 1. The van der Waals surface area contributed by atoms with Gasteiger partial charge in [-0.15, -0.1) is 0 Å². The third kappa shape index (κ3) is 7.95. The van der Waals surface area contributed by atoms with Crippen molar-refractivity contribution in [3.8, 4) is 0 Å². The Bertz CT molecular complexity index is 93.6. The third-order valence-corrected chi connectivity index (χ3v) is 1.15. The second kappa shape index (κ2) is 7.06. The van der Waals surface area contributed by atoms with E-state index in [1.807, 2.05) is 14.1 Å². The molecule has 0 saturated heterocycles. The molecule has 0 radical (unpaired) electrons. The van der Waals surface area contributed by atoms with Crippen LogP contribution in [0.25, 0.3) is 0 Å². The van der Waals surface area contributed by atoms with Gasteiger partial charge in [0.25, 0.3) is 0 Å². The Balaban J connectivity index is 3.04. The van der Waals surface area contributed by atoms with Crippen LogP contribution in [0, 0.1) is 0 Å². The molecule has 0 aliphatic carbocycles. The topological polar surface area (TPSA) is 12.5 Å². The first-order valence-corrected chi connectivity index (χ1v) is 3.61. The quantitative estimate of drug-likeness (QED) is 0.452. The minimum Gasteiger partial charge on any atom is -0.306 e. The highest BCUT2D eigenvalue weighted by Gasteiger charge is 1.82. The van der Waals surface area contributed by atoms with Crippen LogP contribution in [0.2, 0.25) is 0 Å². The Morgan fingerprint density at radius 2 is 2.10 bits per heavy atom. The van der Waals surface area contributed by atoms with E-state index in [4.69, 9.17) is 11.9 Å². The van der Waals surface area contributed by atoms with Crippen LogP contribution in [0.3, 0.4) is 0 Å². The second-order valence-electron chi connectivity index (χ2n) is 2.34. The predicted octanol–water partition coefficient (Wildman–Crippen LogP) is 1.66. The minimum absolute atomic E-state index is 0.589. The highest BCUT2D eigenvalue weighted by Crippen LogP contribution is 1.87. The van der Waals surface area contributed by atoms with E-state index < -0.39 is 0 Å². The van der Waals surface area contributed by atoms with Gasteiger partial charge in [-0.2, -0.15) is 0 Å². The molecular weight excluding hydrogens is 150 g/mol. The van der Waals surface area contributed by atoms with Crippen molar-refractivity contribution in [2.24, 2.45) is 0 Å². The lowest BCUT2D eigenvalue weighted by atomic mass is 10.4. The van der Waals surface area contributed by atoms with Gasteiger partial charge >= 0.3 is 0 Å². The van der Waals surface area contributed by atoms with Gasteiger partial charge in [-0.1, -0.05) is 12.2 Å². The van der Waals surface area contributed by atoms with Crippen LogP contribution in [0.15, 0.2) is 12.2 Å². The van der Waals surface area contributed by atoms with E-state index in [1.165, 1.54) is 0 Å². The highest BCUT2D eigenvalue weighted by molar-refractivity contribution is 6.07. The summed E-state index contributed by atoms with van der Waals surface area (Å²) in [6.45, 7) is 1.56. The molecule has 60 valence electrons. The fourth-order valence-corrected chi connectivity index (χ4v) is 0.605. The lowest BCUT2D eigenvalue weighted by Crippen LogP contribution is -2.10. The van der Waals surface area contributed by atoms with Gasteiger partial charge in [0.05, 0.1) is 18.5 Å². The van der Waals surface area contributed by atoms with Crippen LogP contribution < -0.4 is 0 Å². The van der Waals surface area contributed by atoms with Crippen molar-refractivity contribution >= 4 is 11.9 Å². The van der Waals surface area contributed by atoms with Crippen molar-refractivity contribution in [1.82, 2.24) is 4.90 Å². The molecule has 0 bridgehead atoms. The maximum Gasteiger partial charge on any atom is 0.0717 e. The van der Waals surface area contributed by atoms with Gasteiger partial charge in [0.15, 0.2) is 0 Å². The molecule has 2 nitrogen and oxygen atoms in total.